The van der Waals surface area contributed by atoms with Crippen molar-refractivity contribution in [2.75, 3.05) is 14.1 Å². The maximum Gasteiger partial charge on any atom is 0.264 e. The highest BCUT2D eigenvalue weighted by molar-refractivity contribution is 7.90. The molecule has 0 fully saturated rings. The molecule has 0 aliphatic rings. The van der Waals surface area contributed by atoms with Crippen LogP contribution in [0.25, 0.3) is 0 Å². The predicted molar refractivity (Wildman–Crippen MR) is 85.6 cm³/mol. The van der Waals surface area contributed by atoms with E-state index in [9.17, 15) is 18.0 Å². The van der Waals surface area contributed by atoms with E-state index >= 15 is 0 Å². The van der Waals surface area contributed by atoms with Crippen LogP contribution in [0, 0.1) is 0 Å². The number of rotatable bonds is 4. The topological polar surface area (TPSA) is 83.6 Å². The van der Waals surface area contributed by atoms with Crippen LogP contribution in [-0.2, 0) is 10.0 Å². The maximum atomic E-state index is 12.2. The van der Waals surface area contributed by atoms with Gasteiger partial charge in [0.05, 0.1) is 4.90 Å². The van der Waals surface area contributed by atoms with E-state index in [4.69, 9.17) is 0 Å². The fourth-order valence-electron chi connectivity index (χ4n) is 1.86. The number of sulfonamides is 1. The van der Waals surface area contributed by atoms with Crippen molar-refractivity contribution in [3.63, 3.8) is 0 Å². The molecule has 0 unspecified atom stereocenters. The Morgan fingerprint density at radius 2 is 1.43 bits per heavy atom. The summed E-state index contributed by atoms with van der Waals surface area (Å²) in [6, 6.07) is 13.4. The largest absolute Gasteiger partial charge is 0.345 e. The molecule has 0 bridgehead atoms. The van der Waals surface area contributed by atoms with Crippen LogP contribution in [0.5, 0.6) is 0 Å². The van der Waals surface area contributed by atoms with Gasteiger partial charge in [-0.3, -0.25) is 9.59 Å². The molecule has 0 saturated carbocycles. The molecule has 0 spiro atoms. The Balaban J connectivity index is 2.20. The van der Waals surface area contributed by atoms with E-state index in [2.05, 4.69) is 0 Å². The number of carbonyl (C=O) groups excluding carboxylic acids is 2. The quantitative estimate of drug-likeness (QED) is 0.920. The third-order valence-corrected chi connectivity index (χ3v) is 4.43. The van der Waals surface area contributed by atoms with Crippen LogP contribution in [-0.4, -0.2) is 39.2 Å². The van der Waals surface area contributed by atoms with Gasteiger partial charge in [0.15, 0.2) is 0 Å². The molecule has 120 valence electrons. The van der Waals surface area contributed by atoms with Crippen molar-refractivity contribution >= 4 is 21.8 Å². The van der Waals surface area contributed by atoms with E-state index < -0.39 is 15.9 Å². The zero-order valence-corrected chi connectivity index (χ0v) is 13.5. The number of nitrogens with zero attached hydrogens (tertiary/aromatic N) is 1. The van der Waals surface area contributed by atoms with E-state index in [1.165, 1.54) is 41.3 Å². The van der Waals surface area contributed by atoms with Crippen molar-refractivity contribution in [1.29, 1.82) is 0 Å². The molecule has 0 heterocycles. The lowest BCUT2D eigenvalue weighted by atomic mass is 10.2. The molecule has 2 amide bonds. The Kier molecular flexibility index (Phi) is 4.80. The molecule has 0 aliphatic carbocycles. The predicted octanol–water partition coefficient (Wildman–Crippen LogP) is 1.51. The van der Waals surface area contributed by atoms with E-state index in [-0.39, 0.29) is 16.4 Å². The highest BCUT2D eigenvalue weighted by Crippen LogP contribution is 2.12. The van der Waals surface area contributed by atoms with Gasteiger partial charge in [-0.15, -0.1) is 0 Å². The summed E-state index contributed by atoms with van der Waals surface area (Å²) in [5.74, 6) is -0.943. The van der Waals surface area contributed by atoms with Gasteiger partial charge in [-0.1, -0.05) is 18.2 Å². The minimum absolute atomic E-state index is 0.0860. The molecule has 0 aromatic heterocycles. The van der Waals surface area contributed by atoms with Crippen molar-refractivity contribution in [3.05, 3.63) is 65.7 Å². The average Bonchev–Trinajstić information content (AvgIpc) is 2.54. The lowest BCUT2D eigenvalue weighted by molar-refractivity contribution is 0.0827. The van der Waals surface area contributed by atoms with Crippen LogP contribution >= 0.6 is 0 Å². The fourth-order valence-corrected chi connectivity index (χ4v) is 2.84. The summed E-state index contributed by atoms with van der Waals surface area (Å²) in [4.78, 5) is 25.0. The SMILES string of the molecule is CN(C)C(=O)c1ccc(S(=O)(=O)NC(=O)c2ccccc2)cc1. The molecule has 6 nitrogen and oxygen atoms in total. The molecule has 2 rings (SSSR count). The van der Waals surface area contributed by atoms with Gasteiger partial charge in [0.2, 0.25) is 0 Å². The standard InChI is InChI=1S/C16H16N2O4S/c1-18(2)16(20)13-8-10-14(11-9-13)23(21,22)17-15(19)12-6-4-3-5-7-12/h3-11H,1-2H3,(H,17,19). The van der Waals surface area contributed by atoms with Gasteiger partial charge in [0, 0.05) is 25.2 Å². The fraction of sp³-hybridized carbons (Fsp3) is 0.125. The van der Waals surface area contributed by atoms with Gasteiger partial charge in [0.25, 0.3) is 21.8 Å². The van der Waals surface area contributed by atoms with Crippen LogP contribution in [0.2, 0.25) is 0 Å². The van der Waals surface area contributed by atoms with E-state index in [0.717, 1.165) is 0 Å². The molecule has 0 saturated heterocycles. The zero-order chi connectivity index (χ0) is 17.0. The first-order chi connectivity index (χ1) is 10.8. The van der Waals surface area contributed by atoms with Crippen LogP contribution in [0.15, 0.2) is 59.5 Å². The third-order valence-electron chi connectivity index (χ3n) is 3.08. The van der Waals surface area contributed by atoms with E-state index in [1.807, 2.05) is 4.72 Å². The van der Waals surface area contributed by atoms with Gasteiger partial charge in [0.1, 0.15) is 0 Å². The molecular formula is C16H16N2O4S. The van der Waals surface area contributed by atoms with Crippen LogP contribution in [0.3, 0.4) is 0 Å². The number of nitrogens with one attached hydrogen (secondary N) is 1. The number of carbonyl (C=O) groups is 2. The van der Waals surface area contributed by atoms with Crippen molar-refractivity contribution in [3.8, 4) is 0 Å². The molecule has 0 radical (unpaired) electrons. The molecule has 2 aromatic rings. The third kappa shape index (κ3) is 3.95. The summed E-state index contributed by atoms with van der Waals surface area (Å²) in [7, 11) is -0.786. The summed E-state index contributed by atoms with van der Waals surface area (Å²) in [5.41, 5.74) is 0.610. The van der Waals surface area contributed by atoms with E-state index in [1.54, 1.807) is 32.3 Å². The summed E-state index contributed by atoms with van der Waals surface area (Å²) < 4.78 is 26.4. The highest BCUT2D eigenvalue weighted by atomic mass is 32.2. The molecule has 23 heavy (non-hydrogen) atoms. The van der Waals surface area contributed by atoms with Crippen LogP contribution in [0.1, 0.15) is 20.7 Å². The first-order valence-corrected chi connectivity index (χ1v) is 8.23. The minimum Gasteiger partial charge on any atom is -0.345 e. The van der Waals surface area contributed by atoms with Crippen molar-refractivity contribution < 1.29 is 18.0 Å². The van der Waals surface area contributed by atoms with Crippen molar-refractivity contribution in [1.82, 2.24) is 9.62 Å². The molecule has 1 N–H and O–H groups in total. The molecule has 7 heteroatoms. The smallest absolute Gasteiger partial charge is 0.264 e. The van der Waals surface area contributed by atoms with E-state index in [0.29, 0.717) is 5.56 Å². The van der Waals surface area contributed by atoms with Gasteiger partial charge >= 0.3 is 0 Å². The summed E-state index contributed by atoms with van der Waals surface area (Å²) >= 11 is 0. The van der Waals surface area contributed by atoms with Gasteiger partial charge < -0.3 is 4.90 Å². The number of benzene rings is 2. The first-order valence-electron chi connectivity index (χ1n) is 6.75. The Morgan fingerprint density at radius 3 is 1.96 bits per heavy atom. The number of hydrogen-bond acceptors (Lipinski definition) is 4. The van der Waals surface area contributed by atoms with Gasteiger partial charge in [-0.2, -0.15) is 0 Å². The minimum atomic E-state index is -3.99. The second kappa shape index (κ2) is 6.62. The van der Waals surface area contributed by atoms with Crippen molar-refractivity contribution in [2.45, 2.75) is 4.90 Å². The summed E-state index contributed by atoms with van der Waals surface area (Å²) in [6.45, 7) is 0. The zero-order valence-electron chi connectivity index (χ0n) is 12.7. The average molecular weight is 332 g/mol. The maximum absolute atomic E-state index is 12.2. The second-order valence-electron chi connectivity index (χ2n) is 5.02. The van der Waals surface area contributed by atoms with Crippen LogP contribution in [0.4, 0.5) is 0 Å². The molecule has 2 aromatic carbocycles. The number of amides is 2. The van der Waals surface area contributed by atoms with Gasteiger partial charge in [-0.25, -0.2) is 13.1 Å². The van der Waals surface area contributed by atoms with Crippen LogP contribution < -0.4 is 4.72 Å². The van der Waals surface area contributed by atoms with Crippen molar-refractivity contribution in [2.24, 2.45) is 0 Å². The second-order valence-corrected chi connectivity index (χ2v) is 6.71. The summed E-state index contributed by atoms with van der Waals surface area (Å²) in [5, 5.41) is 0. The molecule has 0 aliphatic heterocycles. The Labute approximate surface area is 134 Å². The number of hydrogen-bond donors (Lipinski definition) is 1. The monoisotopic (exact) mass is 332 g/mol. The molecule has 0 atom stereocenters. The lowest BCUT2D eigenvalue weighted by Gasteiger charge is -2.11. The highest BCUT2D eigenvalue weighted by Gasteiger charge is 2.19. The van der Waals surface area contributed by atoms with Gasteiger partial charge in [-0.05, 0) is 36.4 Å². The Morgan fingerprint density at radius 1 is 0.870 bits per heavy atom. The normalized spacial score (nSPS) is 10.9. The Bertz CT molecular complexity index is 813. The summed E-state index contributed by atoms with van der Waals surface area (Å²) in [6.07, 6.45) is 0. The lowest BCUT2D eigenvalue weighted by Crippen LogP contribution is -2.30. The Hall–Kier alpha value is -2.67. The molecular weight excluding hydrogens is 316 g/mol. The first kappa shape index (κ1) is 16.7.